The number of H-pyrrole nitrogens is 1. The number of methoxy groups -OCH3 is 1. The van der Waals surface area contributed by atoms with Crippen LogP contribution >= 0.6 is 0 Å². The molecule has 0 unspecified atom stereocenters. The molecule has 4 heteroatoms. The highest BCUT2D eigenvalue weighted by Gasteiger charge is 2.00. The monoisotopic (exact) mass is 210 g/mol. The van der Waals surface area contributed by atoms with Gasteiger partial charge in [-0.1, -0.05) is 0 Å². The molecule has 0 bridgehead atoms. The van der Waals surface area contributed by atoms with E-state index >= 15 is 0 Å². The number of ether oxygens (including phenoxy) is 1. The van der Waals surface area contributed by atoms with Crippen LogP contribution < -0.4 is 10.2 Å². The molecule has 0 aliphatic heterocycles. The lowest BCUT2D eigenvalue weighted by Crippen LogP contribution is -2.14. The molecule has 0 aromatic carbocycles. The van der Waals surface area contributed by atoms with Crippen LogP contribution in [-0.2, 0) is 6.42 Å². The molecule has 0 amide bonds. The van der Waals surface area contributed by atoms with E-state index in [-0.39, 0.29) is 5.43 Å². The van der Waals surface area contributed by atoms with Crippen molar-refractivity contribution < 1.29 is 4.74 Å². The number of hydrogen-bond donors (Lipinski definition) is 1. The molecular weight excluding hydrogens is 192 g/mol. The topological polar surface area (TPSA) is 45.3 Å². The first-order chi connectivity index (χ1) is 7.13. The number of aromatic amines is 1. The van der Waals surface area contributed by atoms with Crippen LogP contribution in [0.4, 0.5) is 0 Å². The van der Waals surface area contributed by atoms with Crippen molar-refractivity contribution in [2.24, 2.45) is 0 Å². The summed E-state index contributed by atoms with van der Waals surface area (Å²) in [4.78, 5) is 16.6. The van der Waals surface area contributed by atoms with Crippen LogP contribution in [0.2, 0.25) is 0 Å². The van der Waals surface area contributed by atoms with Crippen molar-refractivity contribution in [1.29, 1.82) is 0 Å². The molecule has 1 rings (SSSR count). The van der Waals surface area contributed by atoms with Gasteiger partial charge in [0.1, 0.15) is 0 Å². The van der Waals surface area contributed by atoms with Crippen molar-refractivity contribution in [3.8, 4) is 5.75 Å². The van der Waals surface area contributed by atoms with Crippen LogP contribution in [0.15, 0.2) is 17.1 Å². The van der Waals surface area contributed by atoms with Crippen LogP contribution in [0.25, 0.3) is 0 Å². The summed E-state index contributed by atoms with van der Waals surface area (Å²) >= 11 is 0. The van der Waals surface area contributed by atoms with E-state index in [4.69, 9.17) is 4.74 Å². The van der Waals surface area contributed by atoms with Gasteiger partial charge >= 0.3 is 0 Å². The lowest BCUT2D eigenvalue weighted by Gasteiger charge is -2.08. The Bertz CT molecular complexity index is 358. The van der Waals surface area contributed by atoms with Crippen molar-refractivity contribution in [2.75, 3.05) is 27.7 Å². The zero-order valence-electron chi connectivity index (χ0n) is 9.54. The van der Waals surface area contributed by atoms with Crippen molar-refractivity contribution in [2.45, 2.75) is 12.8 Å². The third-order valence-electron chi connectivity index (χ3n) is 2.21. The zero-order chi connectivity index (χ0) is 11.3. The lowest BCUT2D eigenvalue weighted by molar-refractivity contribution is 0.398. The van der Waals surface area contributed by atoms with Gasteiger partial charge in [0.05, 0.1) is 7.11 Å². The van der Waals surface area contributed by atoms with Gasteiger partial charge in [-0.25, -0.2) is 0 Å². The Hall–Kier alpha value is -1.29. The Morgan fingerprint density at radius 1 is 1.47 bits per heavy atom. The van der Waals surface area contributed by atoms with Gasteiger partial charge in [-0.15, -0.1) is 0 Å². The molecule has 84 valence electrons. The number of aryl methyl sites for hydroxylation is 1. The van der Waals surface area contributed by atoms with E-state index < -0.39 is 0 Å². The predicted molar refractivity (Wildman–Crippen MR) is 60.5 cm³/mol. The van der Waals surface area contributed by atoms with E-state index in [1.165, 1.54) is 7.11 Å². The molecule has 1 N–H and O–H groups in total. The summed E-state index contributed by atoms with van der Waals surface area (Å²) in [5, 5.41) is 0. The summed E-state index contributed by atoms with van der Waals surface area (Å²) in [5.74, 6) is 0.367. The average Bonchev–Trinajstić information content (AvgIpc) is 2.17. The third kappa shape index (κ3) is 3.75. The van der Waals surface area contributed by atoms with E-state index in [9.17, 15) is 4.79 Å². The molecule has 0 saturated heterocycles. The van der Waals surface area contributed by atoms with Gasteiger partial charge < -0.3 is 14.6 Å². The maximum atomic E-state index is 11.4. The lowest BCUT2D eigenvalue weighted by atomic mass is 10.2. The Balaban J connectivity index is 2.56. The Labute approximate surface area is 89.9 Å². The number of nitrogens with one attached hydrogen (secondary N) is 1. The highest BCUT2D eigenvalue weighted by atomic mass is 16.5. The van der Waals surface area contributed by atoms with Crippen LogP contribution in [0.5, 0.6) is 5.75 Å². The van der Waals surface area contributed by atoms with Crippen LogP contribution in [-0.4, -0.2) is 37.6 Å². The Morgan fingerprint density at radius 3 is 2.73 bits per heavy atom. The number of nitrogens with zero attached hydrogens (tertiary/aromatic N) is 1. The van der Waals surface area contributed by atoms with Crippen molar-refractivity contribution >= 4 is 0 Å². The summed E-state index contributed by atoms with van der Waals surface area (Å²) < 4.78 is 4.89. The number of hydrogen-bond acceptors (Lipinski definition) is 3. The second-order valence-electron chi connectivity index (χ2n) is 3.80. The van der Waals surface area contributed by atoms with E-state index in [0.29, 0.717) is 5.75 Å². The number of pyridine rings is 1. The first kappa shape index (κ1) is 11.8. The second kappa shape index (κ2) is 5.56. The molecule has 15 heavy (non-hydrogen) atoms. The maximum absolute atomic E-state index is 11.4. The third-order valence-corrected chi connectivity index (χ3v) is 2.21. The van der Waals surface area contributed by atoms with E-state index in [1.54, 1.807) is 12.3 Å². The molecule has 0 radical (unpaired) electrons. The van der Waals surface area contributed by atoms with Gasteiger partial charge in [0, 0.05) is 18.0 Å². The molecule has 0 spiro atoms. The highest BCUT2D eigenvalue weighted by Crippen LogP contribution is 2.03. The highest BCUT2D eigenvalue weighted by molar-refractivity contribution is 5.20. The molecule has 0 fully saturated rings. The first-order valence-electron chi connectivity index (χ1n) is 5.04. The molecule has 0 atom stereocenters. The van der Waals surface area contributed by atoms with Crippen molar-refractivity contribution in [3.63, 3.8) is 0 Å². The van der Waals surface area contributed by atoms with Crippen LogP contribution in [0.1, 0.15) is 12.1 Å². The Morgan fingerprint density at radius 2 is 2.20 bits per heavy atom. The standard InChI is InChI=1S/C11H18N2O2/c1-13(2)6-4-5-9-7-10(14)11(15-3)8-12-9/h7-8H,4-6H2,1-3H3,(H,12,14). The van der Waals surface area contributed by atoms with Crippen molar-refractivity contribution in [1.82, 2.24) is 9.88 Å². The van der Waals surface area contributed by atoms with E-state index in [2.05, 4.69) is 9.88 Å². The van der Waals surface area contributed by atoms with Gasteiger partial charge in [0.15, 0.2) is 5.75 Å². The van der Waals surface area contributed by atoms with Crippen molar-refractivity contribution in [3.05, 3.63) is 28.2 Å². The summed E-state index contributed by atoms with van der Waals surface area (Å²) in [5.41, 5.74) is 0.902. The van der Waals surface area contributed by atoms with Gasteiger partial charge in [-0.3, -0.25) is 4.79 Å². The minimum absolute atomic E-state index is 0.0592. The fraction of sp³-hybridized carbons (Fsp3) is 0.545. The molecule has 4 nitrogen and oxygen atoms in total. The largest absolute Gasteiger partial charge is 0.491 e. The van der Waals surface area contributed by atoms with E-state index in [0.717, 1.165) is 25.1 Å². The summed E-state index contributed by atoms with van der Waals surface area (Å²) in [6.45, 7) is 1.02. The number of rotatable bonds is 5. The quantitative estimate of drug-likeness (QED) is 0.784. The van der Waals surface area contributed by atoms with Gasteiger partial charge in [0.2, 0.25) is 5.43 Å². The Kier molecular flexibility index (Phi) is 4.37. The fourth-order valence-electron chi connectivity index (χ4n) is 1.39. The van der Waals surface area contributed by atoms with Crippen LogP contribution in [0.3, 0.4) is 0 Å². The van der Waals surface area contributed by atoms with Gasteiger partial charge in [-0.05, 0) is 33.5 Å². The maximum Gasteiger partial charge on any atom is 0.223 e. The molecule has 0 aliphatic carbocycles. The fourth-order valence-corrected chi connectivity index (χ4v) is 1.39. The predicted octanol–water partition coefficient (Wildman–Crippen LogP) is 0.878. The SMILES string of the molecule is COc1c[nH]c(CCCN(C)C)cc1=O. The minimum Gasteiger partial charge on any atom is -0.491 e. The van der Waals surface area contributed by atoms with Crippen LogP contribution in [0, 0.1) is 0 Å². The molecular formula is C11H18N2O2. The van der Waals surface area contributed by atoms with Gasteiger partial charge in [-0.2, -0.15) is 0 Å². The second-order valence-corrected chi connectivity index (χ2v) is 3.80. The molecule has 1 aromatic rings. The van der Waals surface area contributed by atoms with Gasteiger partial charge in [0.25, 0.3) is 0 Å². The summed E-state index contributed by atoms with van der Waals surface area (Å²) in [6, 6.07) is 1.61. The summed E-state index contributed by atoms with van der Waals surface area (Å²) in [6.07, 6.45) is 3.54. The molecule has 0 saturated carbocycles. The van der Waals surface area contributed by atoms with E-state index in [1.807, 2.05) is 14.1 Å². The first-order valence-corrected chi connectivity index (χ1v) is 5.04. The summed E-state index contributed by atoms with van der Waals surface area (Å²) in [7, 11) is 5.57. The normalized spacial score (nSPS) is 10.7. The zero-order valence-corrected chi connectivity index (χ0v) is 9.54. The average molecular weight is 210 g/mol. The number of aromatic nitrogens is 1. The molecule has 0 aliphatic rings. The molecule has 1 heterocycles. The minimum atomic E-state index is -0.0592. The molecule has 1 aromatic heterocycles. The smallest absolute Gasteiger partial charge is 0.223 e.